The first-order valence-electron chi connectivity index (χ1n) is 5.89. The monoisotopic (exact) mass is 234 g/mol. The molecule has 0 aliphatic carbocycles. The van der Waals surface area contributed by atoms with Gasteiger partial charge in [0.05, 0.1) is 6.10 Å². The lowest BCUT2D eigenvalue weighted by atomic mass is 10.1. The molecular weight excluding hydrogens is 216 g/mol. The van der Waals surface area contributed by atoms with Crippen molar-refractivity contribution < 1.29 is 9.53 Å². The van der Waals surface area contributed by atoms with E-state index in [1.54, 1.807) is 0 Å². The molecule has 1 aliphatic rings. The van der Waals surface area contributed by atoms with Gasteiger partial charge in [0, 0.05) is 11.4 Å². The number of amides is 1. The number of anilines is 2. The summed E-state index contributed by atoms with van der Waals surface area (Å²) in [5.74, 6) is -0.0805. The Morgan fingerprint density at radius 3 is 2.88 bits per heavy atom. The van der Waals surface area contributed by atoms with Crippen molar-refractivity contribution in [1.82, 2.24) is 0 Å². The fourth-order valence-electron chi connectivity index (χ4n) is 2.00. The zero-order valence-electron chi connectivity index (χ0n) is 10.2. The molecule has 1 aliphatic heterocycles. The molecule has 0 aromatic heterocycles. The van der Waals surface area contributed by atoms with Crippen molar-refractivity contribution >= 4 is 17.3 Å². The molecule has 4 nitrogen and oxygen atoms in total. The van der Waals surface area contributed by atoms with Crippen molar-refractivity contribution in [2.75, 3.05) is 11.1 Å². The Morgan fingerprint density at radius 1 is 1.47 bits per heavy atom. The first kappa shape index (κ1) is 11.9. The van der Waals surface area contributed by atoms with E-state index >= 15 is 0 Å². The van der Waals surface area contributed by atoms with Crippen LogP contribution in [0.3, 0.4) is 0 Å². The third kappa shape index (κ3) is 2.58. The molecule has 2 rings (SSSR count). The van der Waals surface area contributed by atoms with E-state index in [1.165, 1.54) is 0 Å². The second-order valence-corrected chi connectivity index (χ2v) is 4.52. The number of carbonyl (C=O) groups excluding carboxylic acids is 1. The molecule has 1 aromatic carbocycles. The number of ether oxygens (including phenoxy) is 1. The van der Waals surface area contributed by atoms with Crippen molar-refractivity contribution in [3.63, 3.8) is 0 Å². The summed E-state index contributed by atoms with van der Waals surface area (Å²) in [7, 11) is 0. The quantitative estimate of drug-likeness (QED) is 0.770. The SMILES string of the molecule is Cc1c(N)cccc1NC(=O)C1CCC(C)O1. The van der Waals surface area contributed by atoms with Crippen LogP contribution in [0.2, 0.25) is 0 Å². The Labute approximate surface area is 101 Å². The minimum atomic E-state index is -0.328. The molecule has 0 radical (unpaired) electrons. The lowest BCUT2D eigenvalue weighted by molar-refractivity contribution is -0.126. The minimum Gasteiger partial charge on any atom is -0.398 e. The zero-order chi connectivity index (χ0) is 12.4. The standard InChI is InChI=1S/C13H18N2O2/c1-8-6-7-12(17-8)13(16)15-11-5-3-4-10(14)9(11)2/h3-5,8,12H,6-7,14H2,1-2H3,(H,15,16). The predicted octanol–water partition coefficient (Wildman–Crippen LogP) is 2.08. The number of nitrogens with two attached hydrogens (primary N) is 1. The van der Waals surface area contributed by atoms with Crippen LogP contribution in [0.5, 0.6) is 0 Å². The average Bonchev–Trinajstić information content (AvgIpc) is 2.72. The summed E-state index contributed by atoms with van der Waals surface area (Å²) in [4.78, 5) is 11.9. The molecule has 3 N–H and O–H groups in total. The highest BCUT2D eigenvalue weighted by molar-refractivity contribution is 5.95. The van der Waals surface area contributed by atoms with Gasteiger partial charge in [-0.05, 0) is 44.4 Å². The van der Waals surface area contributed by atoms with Gasteiger partial charge in [-0.1, -0.05) is 6.07 Å². The van der Waals surface area contributed by atoms with Gasteiger partial charge in [-0.2, -0.15) is 0 Å². The summed E-state index contributed by atoms with van der Waals surface area (Å²) in [5, 5.41) is 2.87. The van der Waals surface area contributed by atoms with E-state index in [-0.39, 0.29) is 18.1 Å². The van der Waals surface area contributed by atoms with Gasteiger partial charge in [-0.3, -0.25) is 4.79 Å². The summed E-state index contributed by atoms with van der Waals surface area (Å²) in [6, 6.07) is 5.50. The fraction of sp³-hybridized carbons (Fsp3) is 0.462. The van der Waals surface area contributed by atoms with Crippen LogP contribution in [0.1, 0.15) is 25.3 Å². The summed E-state index contributed by atoms with van der Waals surface area (Å²) in [6.45, 7) is 3.88. The maximum atomic E-state index is 11.9. The summed E-state index contributed by atoms with van der Waals surface area (Å²) >= 11 is 0. The van der Waals surface area contributed by atoms with Crippen LogP contribution in [-0.4, -0.2) is 18.1 Å². The largest absolute Gasteiger partial charge is 0.398 e. The molecule has 0 bridgehead atoms. The number of nitrogens with one attached hydrogen (secondary N) is 1. The van der Waals surface area contributed by atoms with E-state index < -0.39 is 0 Å². The van der Waals surface area contributed by atoms with Crippen molar-refractivity contribution in [3.05, 3.63) is 23.8 Å². The van der Waals surface area contributed by atoms with Gasteiger partial charge in [0.25, 0.3) is 5.91 Å². The van der Waals surface area contributed by atoms with Crippen LogP contribution in [0.15, 0.2) is 18.2 Å². The summed E-state index contributed by atoms with van der Waals surface area (Å²) in [5.41, 5.74) is 8.13. The van der Waals surface area contributed by atoms with E-state index in [0.29, 0.717) is 5.69 Å². The highest BCUT2D eigenvalue weighted by atomic mass is 16.5. The Kier molecular flexibility index (Phi) is 3.33. The number of rotatable bonds is 2. The Morgan fingerprint density at radius 2 is 2.24 bits per heavy atom. The van der Waals surface area contributed by atoms with E-state index in [0.717, 1.165) is 24.1 Å². The van der Waals surface area contributed by atoms with Crippen molar-refractivity contribution in [3.8, 4) is 0 Å². The van der Waals surface area contributed by atoms with Crippen LogP contribution in [0.25, 0.3) is 0 Å². The van der Waals surface area contributed by atoms with Gasteiger partial charge in [-0.15, -0.1) is 0 Å². The molecule has 1 saturated heterocycles. The molecular formula is C13H18N2O2. The van der Waals surface area contributed by atoms with E-state index in [1.807, 2.05) is 32.0 Å². The Hall–Kier alpha value is -1.55. The molecule has 0 spiro atoms. The molecule has 1 fully saturated rings. The van der Waals surface area contributed by atoms with Gasteiger partial charge in [-0.25, -0.2) is 0 Å². The topological polar surface area (TPSA) is 64.3 Å². The van der Waals surface area contributed by atoms with Crippen LogP contribution >= 0.6 is 0 Å². The highest BCUT2D eigenvalue weighted by Crippen LogP contribution is 2.23. The van der Waals surface area contributed by atoms with E-state index in [4.69, 9.17) is 10.5 Å². The lowest BCUT2D eigenvalue weighted by Gasteiger charge is -2.14. The number of nitrogen functional groups attached to an aromatic ring is 1. The van der Waals surface area contributed by atoms with Crippen LogP contribution in [0, 0.1) is 6.92 Å². The smallest absolute Gasteiger partial charge is 0.253 e. The summed E-state index contributed by atoms with van der Waals surface area (Å²) < 4.78 is 5.52. The van der Waals surface area contributed by atoms with Crippen LogP contribution in [-0.2, 0) is 9.53 Å². The van der Waals surface area contributed by atoms with Crippen molar-refractivity contribution in [1.29, 1.82) is 0 Å². The molecule has 2 atom stereocenters. The minimum absolute atomic E-state index is 0.0805. The molecule has 1 amide bonds. The first-order valence-corrected chi connectivity index (χ1v) is 5.89. The second kappa shape index (κ2) is 4.75. The normalized spacial score (nSPS) is 23.6. The number of benzene rings is 1. The van der Waals surface area contributed by atoms with Gasteiger partial charge in [0.2, 0.25) is 0 Å². The number of hydrogen-bond acceptors (Lipinski definition) is 3. The van der Waals surface area contributed by atoms with Gasteiger partial charge in [0.1, 0.15) is 6.10 Å². The maximum Gasteiger partial charge on any atom is 0.253 e. The van der Waals surface area contributed by atoms with E-state index in [2.05, 4.69) is 5.32 Å². The maximum absolute atomic E-state index is 11.9. The molecule has 17 heavy (non-hydrogen) atoms. The van der Waals surface area contributed by atoms with Gasteiger partial charge >= 0.3 is 0 Å². The highest BCUT2D eigenvalue weighted by Gasteiger charge is 2.28. The van der Waals surface area contributed by atoms with Crippen molar-refractivity contribution in [2.45, 2.75) is 38.9 Å². The molecule has 2 unspecified atom stereocenters. The molecule has 1 aromatic rings. The first-order chi connectivity index (χ1) is 8.08. The fourth-order valence-corrected chi connectivity index (χ4v) is 2.00. The summed E-state index contributed by atoms with van der Waals surface area (Å²) in [6.07, 6.45) is 1.57. The van der Waals surface area contributed by atoms with Gasteiger partial charge < -0.3 is 15.8 Å². The third-order valence-corrected chi connectivity index (χ3v) is 3.16. The van der Waals surface area contributed by atoms with Crippen LogP contribution in [0.4, 0.5) is 11.4 Å². The predicted molar refractivity (Wildman–Crippen MR) is 67.8 cm³/mol. The Balaban J connectivity index is 2.06. The third-order valence-electron chi connectivity index (χ3n) is 3.16. The van der Waals surface area contributed by atoms with Crippen LogP contribution < -0.4 is 11.1 Å². The number of hydrogen-bond donors (Lipinski definition) is 2. The average molecular weight is 234 g/mol. The number of carbonyl (C=O) groups is 1. The molecule has 0 saturated carbocycles. The molecule has 1 heterocycles. The van der Waals surface area contributed by atoms with E-state index in [9.17, 15) is 4.79 Å². The lowest BCUT2D eigenvalue weighted by Crippen LogP contribution is -2.28. The second-order valence-electron chi connectivity index (χ2n) is 4.52. The zero-order valence-corrected chi connectivity index (χ0v) is 10.2. The van der Waals surface area contributed by atoms with Gasteiger partial charge in [0.15, 0.2) is 0 Å². The molecule has 92 valence electrons. The molecule has 4 heteroatoms. The van der Waals surface area contributed by atoms with Crippen molar-refractivity contribution in [2.24, 2.45) is 0 Å². The Bertz CT molecular complexity index is 431.